The van der Waals surface area contributed by atoms with Gasteiger partial charge in [0.2, 0.25) is 0 Å². The third-order valence-corrected chi connectivity index (χ3v) is 2.88. The van der Waals surface area contributed by atoms with E-state index in [1.165, 1.54) is 0 Å². The van der Waals surface area contributed by atoms with E-state index in [-0.39, 0.29) is 5.92 Å². The molecule has 21 heavy (non-hydrogen) atoms. The molecule has 1 amide bonds. The van der Waals surface area contributed by atoms with Gasteiger partial charge in [-0.15, -0.1) is 0 Å². The molecule has 0 saturated heterocycles. The van der Waals surface area contributed by atoms with Crippen molar-refractivity contribution in [3.8, 4) is 5.75 Å². The van der Waals surface area contributed by atoms with Crippen molar-refractivity contribution in [2.24, 2.45) is 5.92 Å². The Balaban J connectivity index is 2.75. The van der Waals surface area contributed by atoms with E-state index in [9.17, 15) is 9.59 Å². The van der Waals surface area contributed by atoms with E-state index in [4.69, 9.17) is 9.84 Å². The van der Waals surface area contributed by atoms with Crippen LogP contribution in [0, 0.1) is 5.92 Å². The maximum absolute atomic E-state index is 12.1. The molecule has 1 aromatic carbocycles. The molecule has 2 N–H and O–H groups in total. The highest BCUT2D eigenvalue weighted by molar-refractivity contribution is 5.96. The zero-order valence-electron chi connectivity index (χ0n) is 12.8. The first-order chi connectivity index (χ1) is 9.93. The third-order valence-electron chi connectivity index (χ3n) is 2.88. The molecular weight excluding hydrogens is 270 g/mol. The molecule has 0 radical (unpaired) electrons. The fourth-order valence-corrected chi connectivity index (χ4v) is 1.88. The van der Waals surface area contributed by atoms with Gasteiger partial charge in [-0.2, -0.15) is 0 Å². The molecule has 0 bridgehead atoms. The number of carboxylic acids is 1. The van der Waals surface area contributed by atoms with Gasteiger partial charge in [0, 0.05) is 5.56 Å². The number of amides is 1. The molecule has 5 heteroatoms. The zero-order chi connectivity index (χ0) is 15.8. The van der Waals surface area contributed by atoms with Gasteiger partial charge in [0.05, 0.1) is 6.61 Å². The van der Waals surface area contributed by atoms with Crippen molar-refractivity contribution in [3.05, 3.63) is 29.8 Å². The second-order valence-electron chi connectivity index (χ2n) is 5.37. The highest BCUT2D eigenvalue weighted by atomic mass is 16.5. The normalized spacial score (nSPS) is 12.0. The van der Waals surface area contributed by atoms with Crippen LogP contribution in [-0.2, 0) is 4.79 Å². The number of hydrogen-bond acceptors (Lipinski definition) is 3. The Labute approximate surface area is 125 Å². The van der Waals surface area contributed by atoms with Gasteiger partial charge in [-0.25, -0.2) is 4.79 Å². The second-order valence-corrected chi connectivity index (χ2v) is 5.37. The Kier molecular flexibility index (Phi) is 6.72. The number of carbonyl (C=O) groups is 2. The monoisotopic (exact) mass is 293 g/mol. The van der Waals surface area contributed by atoms with Gasteiger partial charge < -0.3 is 15.2 Å². The quantitative estimate of drug-likeness (QED) is 0.772. The maximum Gasteiger partial charge on any atom is 0.326 e. The highest BCUT2D eigenvalue weighted by Crippen LogP contribution is 2.14. The summed E-state index contributed by atoms with van der Waals surface area (Å²) in [5.74, 6) is -0.619. The minimum absolute atomic E-state index is 0.186. The molecule has 0 heterocycles. The minimum atomic E-state index is -1.02. The topological polar surface area (TPSA) is 75.6 Å². The molecule has 5 nitrogen and oxygen atoms in total. The zero-order valence-corrected chi connectivity index (χ0v) is 12.8. The lowest BCUT2D eigenvalue weighted by Crippen LogP contribution is -2.41. The second kappa shape index (κ2) is 8.29. The fraction of sp³-hybridized carbons (Fsp3) is 0.500. The van der Waals surface area contributed by atoms with Crippen LogP contribution in [0.25, 0.3) is 0 Å². The minimum Gasteiger partial charge on any atom is -0.494 e. The summed E-state index contributed by atoms with van der Waals surface area (Å²) in [6.45, 7) is 6.42. The summed E-state index contributed by atoms with van der Waals surface area (Å²) >= 11 is 0. The Bertz CT molecular complexity index is 485. The third kappa shape index (κ3) is 5.85. The van der Waals surface area contributed by atoms with Crippen molar-refractivity contribution in [2.45, 2.75) is 39.7 Å². The Morgan fingerprint density at radius 2 is 2.05 bits per heavy atom. The first kappa shape index (κ1) is 17.0. The van der Waals surface area contributed by atoms with Gasteiger partial charge in [-0.1, -0.05) is 26.8 Å². The van der Waals surface area contributed by atoms with E-state index < -0.39 is 17.9 Å². The van der Waals surface area contributed by atoms with Crippen LogP contribution in [0.3, 0.4) is 0 Å². The number of ether oxygens (including phenoxy) is 1. The molecular formula is C16H23NO4. The van der Waals surface area contributed by atoms with Crippen LogP contribution in [0.4, 0.5) is 0 Å². The maximum atomic E-state index is 12.1. The van der Waals surface area contributed by atoms with Crippen molar-refractivity contribution >= 4 is 11.9 Å². The molecule has 0 saturated carbocycles. The van der Waals surface area contributed by atoms with E-state index in [2.05, 4.69) is 5.32 Å². The molecule has 0 aromatic heterocycles. The summed E-state index contributed by atoms with van der Waals surface area (Å²) in [7, 11) is 0. The van der Waals surface area contributed by atoms with Crippen LogP contribution in [0.15, 0.2) is 24.3 Å². The molecule has 1 rings (SSSR count). The number of carboxylic acid groups (broad SMARTS) is 1. The summed E-state index contributed by atoms with van der Waals surface area (Å²) < 4.78 is 5.47. The first-order valence-corrected chi connectivity index (χ1v) is 7.20. The largest absolute Gasteiger partial charge is 0.494 e. The van der Waals surface area contributed by atoms with E-state index in [1.54, 1.807) is 24.3 Å². The predicted molar refractivity (Wildman–Crippen MR) is 80.6 cm³/mol. The van der Waals surface area contributed by atoms with E-state index in [0.29, 0.717) is 24.3 Å². The SMILES string of the molecule is CCCOc1cccc(C(=O)N[C@@H](CC(C)C)C(=O)O)c1. The number of hydrogen-bond donors (Lipinski definition) is 2. The molecule has 1 atom stereocenters. The van der Waals surface area contributed by atoms with Crippen molar-refractivity contribution in [1.82, 2.24) is 5.32 Å². The van der Waals surface area contributed by atoms with Gasteiger partial charge in [0.1, 0.15) is 11.8 Å². The van der Waals surface area contributed by atoms with Crippen molar-refractivity contribution in [1.29, 1.82) is 0 Å². The van der Waals surface area contributed by atoms with E-state index in [0.717, 1.165) is 6.42 Å². The van der Waals surface area contributed by atoms with Crippen LogP contribution in [0.5, 0.6) is 5.75 Å². The first-order valence-electron chi connectivity index (χ1n) is 7.20. The molecule has 1 aromatic rings. The Morgan fingerprint density at radius 1 is 1.33 bits per heavy atom. The highest BCUT2D eigenvalue weighted by Gasteiger charge is 2.21. The lowest BCUT2D eigenvalue weighted by atomic mass is 10.0. The van der Waals surface area contributed by atoms with Gasteiger partial charge in [0.15, 0.2) is 0 Å². The fourth-order valence-electron chi connectivity index (χ4n) is 1.88. The van der Waals surface area contributed by atoms with Crippen LogP contribution >= 0.6 is 0 Å². The summed E-state index contributed by atoms with van der Waals surface area (Å²) in [5, 5.41) is 11.7. The van der Waals surface area contributed by atoms with Crippen LogP contribution in [0.1, 0.15) is 44.0 Å². The predicted octanol–water partition coefficient (Wildman–Crippen LogP) is 2.70. The average molecular weight is 293 g/mol. The molecule has 0 aliphatic heterocycles. The van der Waals surface area contributed by atoms with Crippen LogP contribution in [-0.4, -0.2) is 29.6 Å². The number of aliphatic carboxylic acids is 1. The summed E-state index contributed by atoms with van der Waals surface area (Å²) in [4.78, 5) is 23.3. The summed E-state index contributed by atoms with van der Waals surface area (Å²) in [6, 6.07) is 5.88. The molecule has 0 aliphatic rings. The molecule has 0 unspecified atom stereocenters. The van der Waals surface area contributed by atoms with E-state index >= 15 is 0 Å². The van der Waals surface area contributed by atoms with E-state index in [1.807, 2.05) is 20.8 Å². The number of nitrogens with one attached hydrogen (secondary N) is 1. The number of rotatable bonds is 8. The lowest BCUT2D eigenvalue weighted by molar-refractivity contribution is -0.139. The van der Waals surface area contributed by atoms with Crippen molar-refractivity contribution < 1.29 is 19.4 Å². The van der Waals surface area contributed by atoms with Crippen LogP contribution in [0.2, 0.25) is 0 Å². The Hall–Kier alpha value is -2.04. The standard InChI is InChI=1S/C16H23NO4/c1-4-8-21-13-7-5-6-12(10-13)15(18)17-14(16(19)20)9-11(2)3/h5-7,10-11,14H,4,8-9H2,1-3H3,(H,17,18)(H,19,20)/t14-/m0/s1. The molecule has 116 valence electrons. The molecule has 0 fully saturated rings. The van der Waals surface area contributed by atoms with Gasteiger partial charge in [0.25, 0.3) is 5.91 Å². The van der Waals surface area contributed by atoms with Crippen LogP contribution < -0.4 is 10.1 Å². The smallest absolute Gasteiger partial charge is 0.326 e. The summed E-state index contributed by atoms with van der Waals surface area (Å²) in [5.41, 5.74) is 0.401. The lowest BCUT2D eigenvalue weighted by Gasteiger charge is -2.16. The van der Waals surface area contributed by atoms with Gasteiger partial charge in [-0.3, -0.25) is 4.79 Å². The molecule has 0 aliphatic carbocycles. The number of carbonyl (C=O) groups excluding carboxylic acids is 1. The molecule has 0 spiro atoms. The van der Waals surface area contributed by atoms with Crippen molar-refractivity contribution in [2.75, 3.05) is 6.61 Å². The van der Waals surface area contributed by atoms with Gasteiger partial charge >= 0.3 is 5.97 Å². The van der Waals surface area contributed by atoms with Crippen molar-refractivity contribution in [3.63, 3.8) is 0 Å². The average Bonchev–Trinajstić information content (AvgIpc) is 2.44. The number of benzene rings is 1. The summed E-state index contributed by atoms with van der Waals surface area (Å²) in [6.07, 6.45) is 1.28. The Morgan fingerprint density at radius 3 is 2.62 bits per heavy atom. The van der Waals surface area contributed by atoms with Gasteiger partial charge in [-0.05, 0) is 37.0 Å².